The van der Waals surface area contributed by atoms with Crippen LogP contribution < -0.4 is 0 Å². The standard InChI is InChI=1S/C8H12O2/c9-6-8(3-4-8)7-2-1-5-10-7/h6-7H,1-5H2. The molecule has 1 heterocycles. The lowest BCUT2D eigenvalue weighted by molar-refractivity contribution is -0.116. The van der Waals surface area contributed by atoms with E-state index in [0.717, 1.165) is 38.6 Å². The van der Waals surface area contributed by atoms with Crippen LogP contribution in [0.1, 0.15) is 25.7 Å². The average Bonchev–Trinajstić information content (AvgIpc) is 2.58. The van der Waals surface area contributed by atoms with Crippen LogP contribution in [0.5, 0.6) is 0 Å². The van der Waals surface area contributed by atoms with Crippen LogP contribution in [0.25, 0.3) is 0 Å². The largest absolute Gasteiger partial charge is 0.377 e. The summed E-state index contributed by atoms with van der Waals surface area (Å²) in [4.78, 5) is 10.6. The van der Waals surface area contributed by atoms with Crippen LogP contribution in [-0.4, -0.2) is 19.0 Å². The van der Waals surface area contributed by atoms with Gasteiger partial charge in [0.1, 0.15) is 6.29 Å². The van der Waals surface area contributed by atoms with Crippen molar-refractivity contribution in [2.75, 3.05) is 6.61 Å². The van der Waals surface area contributed by atoms with Crippen molar-refractivity contribution in [1.29, 1.82) is 0 Å². The molecule has 1 saturated carbocycles. The molecule has 10 heavy (non-hydrogen) atoms. The van der Waals surface area contributed by atoms with Gasteiger partial charge in [0, 0.05) is 6.61 Å². The summed E-state index contributed by atoms with van der Waals surface area (Å²) in [5.74, 6) is 0. The number of rotatable bonds is 2. The fraction of sp³-hybridized carbons (Fsp3) is 0.875. The maximum atomic E-state index is 10.6. The van der Waals surface area contributed by atoms with Gasteiger partial charge in [0.05, 0.1) is 11.5 Å². The molecule has 56 valence electrons. The third-order valence-electron chi connectivity index (χ3n) is 2.63. The lowest BCUT2D eigenvalue weighted by Gasteiger charge is -2.14. The van der Waals surface area contributed by atoms with E-state index in [1.165, 1.54) is 0 Å². The normalized spacial score (nSPS) is 35.8. The number of hydrogen-bond donors (Lipinski definition) is 0. The first-order valence-electron chi connectivity index (χ1n) is 3.95. The zero-order chi connectivity index (χ0) is 7.03. The second-order valence-corrected chi connectivity index (χ2v) is 3.35. The van der Waals surface area contributed by atoms with Crippen molar-refractivity contribution in [2.24, 2.45) is 5.41 Å². The molecule has 0 spiro atoms. The maximum absolute atomic E-state index is 10.6. The second-order valence-electron chi connectivity index (χ2n) is 3.35. The summed E-state index contributed by atoms with van der Waals surface area (Å²) in [6, 6.07) is 0. The third kappa shape index (κ3) is 0.788. The number of ether oxygens (including phenoxy) is 1. The summed E-state index contributed by atoms with van der Waals surface area (Å²) in [6.45, 7) is 0.861. The van der Waals surface area contributed by atoms with Crippen molar-refractivity contribution >= 4 is 6.29 Å². The van der Waals surface area contributed by atoms with Gasteiger partial charge in [0.15, 0.2) is 0 Å². The van der Waals surface area contributed by atoms with Crippen molar-refractivity contribution < 1.29 is 9.53 Å². The van der Waals surface area contributed by atoms with Crippen molar-refractivity contribution in [3.05, 3.63) is 0 Å². The first kappa shape index (κ1) is 6.35. The van der Waals surface area contributed by atoms with Crippen LogP contribution in [0.15, 0.2) is 0 Å². The zero-order valence-corrected chi connectivity index (χ0v) is 6.01. The van der Waals surface area contributed by atoms with Crippen LogP contribution in [0, 0.1) is 5.41 Å². The van der Waals surface area contributed by atoms with Gasteiger partial charge in [-0.05, 0) is 25.7 Å². The Labute approximate surface area is 60.6 Å². The molecule has 2 fully saturated rings. The smallest absolute Gasteiger partial charge is 0.128 e. The Morgan fingerprint density at radius 3 is 2.70 bits per heavy atom. The number of hydrogen-bond acceptors (Lipinski definition) is 2. The van der Waals surface area contributed by atoms with Gasteiger partial charge in [-0.1, -0.05) is 0 Å². The van der Waals surface area contributed by atoms with Crippen LogP contribution >= 0.6 is 0 Å². The Morgan fingerprint density at radius 1 is 1.50 bits per heavy atom. The molecule has 1 atom stereocenters. The minimum atomic E-state index is -0.0312. The molecule has 0 bridgehead atoms. The van der Waals surface area contributed by atoms with Crippen LogP contribution in [-0.2, 0) is 9.53 Å². The van der Waals surface area contributed by atoms with Crippen LogP contribution in [0.4, 0.5) is 0 Å². The highest BCUT2D eigenvalue weighted by molar-refractivity contribution is 5.64. The molecule has 0 amide bonds. The third-order valence-corrected chi connectivity index (χ3v) is 2.63. The molecule has 0 aromatic heterocycles. The SMILES string of the molecule is O=CC1(C2CCCO2)CC1. The van der Waals surface area contributed by atoms with Gasteiger partial charge < -0.3 is 9.53 Å². The summed E-state index contributed by atoms with van der Waals surface area (Å²) < 4.78 is 5.44. The van der Waals surface area contributed by atoms with E-state index in [1.54, 1.807) is 0 Å². The molecular weight excluding hydrogens is 128 g/mol. The minimum absolute atomic E-state index is 0.0312. The van der Waals surface area contributed by atoms with Crippen LogP contribution in [0.2, 0.25) is 0 Å². The number of aldehydes is 1. The Hall–Kier alpha value is -0.370. The van der Waals surface area contributed by atoms with Gasteiger partial charge in [0.25, 0.3) is 0 Å². The molecular formula is C8H12O2. The summed E-state index contributed by atoms with van der Waals surface area (Å²) >= 11 is 0. The molecule has 2 nitrogen and oxygen atoms in total. The molecule has 1 aliphatic carbocycles. The molecule has 0 radical (unpaired) electrons. The van der Waals surface area contributed by atoms with Crippen molar-refractivity contribution in [3.8, 4) is 0 Å². The van der Waals surface area contributed by atoms with E-state index < -0.39 is 0 Å². The predicted molar refractivity (Wildman–Crippen MR) is 36.7 cm³/mol. The minimum Gasteiger partial charge on any atom is -0.377 e. The van der Waals surface area contributed by atoms with E-state index in [1.807, 2.05) is 0 Å². The highest BCUT2D eigenvalue weighted by atomic mass is 16.5. The Balaban J connectivity index is 2.03. The van der Waals surface area contributed by atoms with Crippen molar-refractivity contribution in [3.63, 3.8) is 0 Å². The average molecular weight is 140 g/mol. The van der Waals surface area contributed by atoms with Gasteiger partial charge in [-0.15, -0.1) is 0 Å². The van der Waals surface area contributed by atoms with Crippen LogP contribution in [0.3, 0.4) is 0 Å². The maximum Gasteiger partial charge on any atom is 0.128 e. The lowest BCUT2D eigenvalue weighted by Crippen LogP contribution is -2.21. The van der Waals surface area contributed by atoms with Gasteiger partial charge in [0.2, 0.25) is 0 Å². The van der Waals surface area contributed by atoms with E-state index >= 15 is 0 Å². The highest BCUT2D eigenvalue weighted by Gasteiger charge is 2.51. The van der Waals surface area contributed by atoms with Gasteiger partial charge in [-0.3, -0.25) is 0 Å². The summed E-state index contributed by atoms with van der Waals surface area (Å²) in [7, 11) is 0. The summed E-state index contributed by atoms with van der Waals surface area (Å²) in [5.41, 5.74) is -0.0312. The molecule has 0 aromatic carbocycles. The highest BCUT2D eigenvalue weighted by Crippen LogP contribution is 2.50. The number of carbonyl (C=O) groups is 1. The topological polar surface area (TPSA) is 26.3 Å². The molecule has 1 aliphatic heterocycles. The Bertz CT molecular complexity index is 143. The molecule has 2 rings (SSSR count). The van der Waals surface area contributed by atoms with Gasteiger partial charge in [-0.2, -0.15) is 0 Å². The predicted octanol–water partition coefficient (Wildman–Crippen LogP) is 1.14. The molecule has 0 aromatic rings. The fourth-order valence-electron chi connectivity index (χ4n) is 1.69. The summed E-state index contributed by atoms with van der Waals surface area (Å²) in [6.07, 6.45) is 5.72. The second kappa shape index (κ2) is 2.06. The lowest BCUT2D eigenvalue weighted by atomic mass is 9.99. The molecule has 1 saturated heterocycles. The molecule has 2 heteroatoms. The van der Waals surface area contributed by atoms with Crippen molar-refractivity contribution in [1.82, 2.24) is 0 Å². The quantitative estimate of drug-likeness (QED) is 0.538. The molecule has 1 unspecified atom stereocenters. The number of carbonyl (C=O) groups excluding carboxylic acids is 1. The Kier molecular flexibility index (Phi) is 1.31. The zero-order valence-electron chi connectivity index (χ0n) is 6.01. The van der Waals surface area contributed by atoms with E-state index in [2.05, 4.69) is 0 Å². The molecule has 2 aliphatic rings. The van der Waals surface area contributed by atoms with Crippen molar-refractivity contribution in [2.45, 2.75) is 31.8 Å². The van der Waals surface area contributed by atoms with E-state index in [-0.39, 0.29) is 11.5 Å². The van der Waals surface area contributed by atoms with E-state index in [0.29, 0.717) is 0 Å². The molecule has 0 N–H and O–H groups in total. The van der Waals surface area contributed by atoms with Gasteiger partial charge >= 0.3 is 0 Å². The van der Waals surface area contributed by atoms with E-state index in [9.17, 15) is 4.79 Å². The van der Waals surface area contributed by atoms with Gasteiger partial charge in [-0.25, -0.2) is 0 Å². The van der Waals surface area contributed by atoms with E-state index in [4.69, 9.17) is 4.74 Å². The summed E-state index contributed by atoms with van der Waals surface area (Å²) in [5, 5.41) is 0. The monoisotopic (exact) mass is 140 g/mol. The first-order chi connectivity index (χ1) is 4.87. The fourth-order valence-corrected chi connectivity index (χ4v) is 1.69. The Morgan fingerprint density at radius 2 is 2.30 bits per heavy atom. The first-order valence-corrected chi connectivity index (χ1v) is 3.95.